The van der Waals surface area contributed by atoms with E-state index in [0.717, 1.165) is 11.0 Å². The number of carbonyl (C=O) groups is 2. The van der Waals surface area contributed by atoms with Gasteiger partial charge in [-0.15, -0.1) is 0 Å². The summed E-state index contributed by atoms with van der Waals surface area (Å²) in [5.74, 6) is -2.25. The van der Waals surface area contributed by atoms with Crippen LogP contribution in [-0.2, 0) is 9.59 Å². The number of hydrogen-bond acceptors (Lipinski definition) is 4. The van der Waals surface area contributed by atoms with Crippen molar-refractivity contribution in [1.82, 2.24) is 9.97 Å². The molecule has 0 radical (unpaired) electrons. The van der Waals surface area contributed by atoms with Crippen LogP contribution in [0.1, 0.15) is 6.42 Å². The van der Waals surface area contributed by atoms with Gasteiger partial charge in [0.25, 0.3) is 5.56 Å². The monoisotopic (exact) mass is 257 g/mol. The van der Waals surface area contributed by atoms with Gasteiger partial charge in [-0.1, -0.05) is 11.6 Å². The number of rotatable bonds is 2. The molecule has 0 bridgehead atoms. The minimum atomic E-state index is -1.05. The molecule has 17 heavy (non-hydrogen) atoms. The lowest BCUT2D eigenvalue weighted by atomic mass is 10.1. The Bertz CT molecular complexity index is 541. The number of anilines is 1. The molecule has 0 aromatic carbocycles. The summed E-state index contributed by atoms with van der Waals surface area (Å²) in [6.07, 6.45) is -0.106. The first-order chi connectivity index (χ1) is 7.97. The molecule has 1 atom stereocenters. The highest BCUT2D eigenvalue weighted by molar-refractivity contribution is 6.29. The van der Waals surface area contributed by atoms with Gasteiger partial charge in [0.1, 0.15) is 5.15 Å². The van der Waals surface area contributed by atoms with Crippen LogP contribution >= 0.6 is 11.6 Å². The Morgan fingerprint density at radius 1 is 1.59 bits per heavy atom. The summed E-state index contributed by atoms with van der Waals surface area (Å²) in [6, 6.07) is 1.07. The molecule has 0 spiro atoms. The predicted molar refractivity (Wildman–Crippen MR) is 58.0 cm³/mol. The molecule has 1 aromatic rings. The van der Waals surface area contributed by atoms with Gasteiger partial charge in [0.15, 0.2) is 0 Å². The SMILES string of the molecule is O=C(O)C1CC(=O)N(c2nc(Cl)cc(=O)[nH]2)C1. The van der Waals surface area contributed by atoms with Gasteiger partial charge < -0.3 is 5.11 Å². The number of carbonyl (C=O) groups excluding carboxylic acids is 1. The van der Waals surface area contributed by atoms with Crippen molar-refractivity contribution in [1.29, 1.82) is 0 Å². The second-order valence-electron chi connectivity index (χ2n) is 3.64. The fourth-order valence-corrected chi connectivity index (χ4v) is 1.80. The maximum Gasteiger partial charge on any atom is 0.308 e. The standard InChI is InChI=1S/C9H8ClN3O4/c10-5-2-6(14)12-9(11-5)13-3-4(8(16)17)1-7(13)15/h2,4H,1,3H2,(H,16,17)(H,11,12,14). The van der Waals surface area contributed by atoms with E-state index in [1.54, 1.807) is 0 Å². The number of aromatic nitrogens is 2. The number of aromatic amines is 1. The summed E-state index contributed by atoms with van der Waals surface area (Å²) in [7, 11) is 0. The molecule has 1 amide bonds. The molecule has 8 heteroatoms. The third kappa shape index (κ3) is 2.28. The number of hydrogen-bond donors (Lipinski definition) is 2. The first-order valence-corrected chi connectivity index (χ1v) is 5.15. The lowest BCUT2D eigenvalue weighted by molar-refractivity contribution is -0.141. The third-order valence-electron chi connectivity index (χ3n) is 2.43. The van der Waals surface area contributed by atoms with Crippen LogP contribution in [0.15, 0.2) is 10.9 Å². The molecule has 1 unspecified atom stereocenters. The highest BCUT2D eigenvalue weighted by Crippen LogP contribution is 2.22. The van der Waals surface area contributed by atoms with Crippen LogP contribution in [0.4, 0.5) is 5.95 Å². The zero-order chi connectivity index (χ0) is 12.6. The van der Waals surface area contributed by atoms with Crippen LogP contribution in [0.2, 0.25) is 5.15 Å². The summed E-state index contributed by atoms with van der Waals surface area (Å²) in [4.78, 5) is 40.7. The van der Waals surface area contributed by atoms with Crippen LogP contribution in [0.3, 0.4) is 0 Å². The Morgan fingerprint density at radius 2 is 2.29 bits per heavy atom. The summed E-state index contributed by atoms with van der Waals surface area (Å²) in [5, 5.41) is 8.76. The number of nitrogens with one attached hydrogen (secondary N) is 1. The molecule has 0 saturated carbocycles. The number of carboxylic acids is 1. The van der Waals surface area contributed by atoms with Gasteiger partial charge in [-0.3, -0.25) is 24.3 Å². The summed E-state index contributed by atoms with van der Waals surface area (Å²) in [5.41, 5.74) is -0.494. The third-order valence-corrected chi connectivity index (χ3v) is 2.62. The summed E-state index contributed by atoms with van der Waals surface area (Å²) < 4.78 is 0. The van der Waals surface area contributed by atoms with E-state index in [9.17, 15) is 14.4 Å². The van der Waals surface area contributed by atoms with E-state index in [4.69, 9.17) is 16.7 Å². The maximum atomic E-state index is 11.6. The molecule has 0 aliphatic carbocycles. The van der Waals surface area contributed by atoms with E-state index in [2.05, 4.69) is 9.97 Å². The van der Waals surface area contributed by atoms with Gasteiger partial charge in [0.05, 0.1) is 5.92 Å². The van der Waals surface area contributed by atoms with Gasteiger partial charge in [-0.25, -0.2) is 4.98 Å². The van der Waals surface area contributed by atoms with E-state index < -0.39 is 23.4 Å². The molecule has 1 aliphatic heterocycles. The average Bonchev–Trinajstić information content (AvgIpc) is 2.59. The molecule has 1 aliphatic rings. The zero-order valence-corrected chi connectivity index (χ0v) is 9.27. The van der Waals surface area contributed by atoms with Crippen LogP contribution < -0.4 is 10.5 Å². The van der Waals surface area contributed by atoms with Crippen molar-refractivity contribution < 1.29 is 14.7 Å². The normalized spacial score (nSPS) is 19.7. The van der Waals surface area contributed by atoms with Crippen molar-refractivity contribution in [3.8, 4) is 0 Å². The Kier molecular flexibility index (Phi) is 2.84. The summed E-state index contributed by atoms with van der Waals surface area (Å²) >= 11 is 5.59. The second-order valence-corrected chi connectivity index (χ2v) is 4.02. The molecule has 1 fully saturated rings. The molecule has 7 nitrogen and oxygen atoms in total. The first kappa shape index (κ1) is 11.6. The minimum absolute atomic E-state index is 0.0164. The van der Waals surface area contributed by atoms with Crippen LogP contribution in [0, 0.1) is 5.92 Å². The molecular formula is C9H8ClN3O4. The van der Waals surface area contributed by atoms with Gasteiger partial charge in [-0.2, -0.15) is 0 Å². The molecule has 2 heterocycles. The number of amides is 1. The largest absolute Gasteiger partial charge is 0.481 e. The minimum Gasteiger partial charge on any atom is -0.481 e. The van der Waals surface area contributed by atoms with Gasteiger partial charge in [-0.05, 0) is 0 Å². The van der Waals surface area contributed by atoms with Crippen molar-refractivity contribution in [2.45, 2.75) is 6.42 Å². The lowest BCUT2D eigenvalue weighted by Gasteiger charge is -2.13. The molecule has 2 rings (SSSR count). The Morgan fingerprint density at radius 3 is 2.82 bits per heavy atom. The van der Waals surface area contributed by atoms with Crippen molar-refractivity contribution >= 4 is 29.4 Å². The van der Waals surface area contributed by atoms with Crippen molar-refractivity contribution in [3.63, 3.8) is 0 Å². The number of aliphatic carboxylic acids is 1. The van der Waals surface area contributed by atoms with Gasteiger partial charge in [0.2, 0.25) is 11.9 Å². The Balaban J connectivity index is 2.32. The van der Waals surface area contributed by atoms with E-state index in [0.29, 0.717) is 0 Å². The Hall–Kier alpha value is -1.89. The van der Waals surface area contributed by atoms with E-state index in [1.165, 1.54) is 0 Å². The number of nitrogens with zero attached hydrogens (tertiary/aromatic N) is 2. The topological polar surface area (TPSA) is 103 Å². The number of halogens is 1. The van der Waals surface area contributed by atoms with E-state index >= 15 is 0 Å². The smallest absolute Gasteiger partial charge is 0.308 e. The van der Waals surface area contributed by atoms with E-state index in [1.807, 2.05) is 0 Å². The molecule has 90 valence electrons. The molecule has 1 saturated heterocycles. The quantitative estimate of drug-likeness (QED) is 0.718. The van der Waals surface area contributed by atoms with Crippen LogP contribution in [0.25, 0.3) is 0 Å². The van der Waals surface area contributed by atoms with Crippen LogP contribution in [0.5, 0.6) is 0 Å². The molecular weight excluding hydrogens is 250 g/mol. The zero-order valence-electron chi connectivity index (χ0n) is 8.51. The lowest BCUT2D eigenvalue weighted by Crippen LogP contribution is -2.29. The second kappa shape index (κ2) is 4.17. The van der Waals surface area contributed by atoms with Crippen LogP contribution in [-0.4, -0.2) is 33.5 Å². The highest BCUT2D eigenvalue weighted by Gasteiger charge is 2.36. The Labute approximate surface area is 100 Å². The van der Waals surface area contributed by atoms with Gasteiger partial charge >= 0.3 is 5.97 Å². The highest BCUT2D eigenvalue weighted by atomic mass is 35.5. The summed E-state index contributed by atoms with van der Waals surface area (Å²) in [6.45, 7) is -0.0164. The average molecular weight is 258 g/mol. The number of H-pyrrole nitrogens is 1. The molecule has 1 aromatic heterocycles. The first-order valence-electron chi connectivity index (χ1n) is 4.77. The number of carboxylic acid groups (broad SMARTS) is 1. The fraction of sp³-hybridized carbons (Fsp3) is 0.333. The predicted octanol–water partition coefficient (Wildman–Crippen LogP) is -0.139. The van der Waals surface area contributed by atoms with Gasteiger partial charge in [0, 0.05) is 19.0 Å². The maximum absolute atomic E-state index is 11.6. The van der Waals surface area contributed by atoms with Crippen molar-refractivity contribution in [2.75, 3.05) is 11.4 Å². The van der Waals surface area contributed by atoms with Crippen molar-refractivity contribution in [3.05, 3.63) is 21.6 Å². The van der Waals surface area contributed by atoms with E-state index in [-0.39, 0.29) is 24.1 Å². The fourth-order valence-electron chi connectivity index (χ4n) is 1.62. The molecule has 2 N–H and O–H groups in total. The van der Waals surface area contributed by atoms with Crippen molar-refractivity contribution in [2.24, 2.45) is 5.92 Å².